The van der Waals surface area contributed by atoms with Crippen molar-refractivity contribution in [1.82, 2.24) is 0 Å². The predicted octanol–water partition coefficient (Wildman–Crippen LogP) is 8.61. The summed E-state index contributed by atoms with van der Waals surface area (Å²) in [7, 11) is 2.04. The van der Waals surface area contributed by atoms with Crippen LogP contribution in [0, 0.1) is 18.2 Å². The van der Waals surface area contributed by atoms with Crippen LogP contribution in [-0.4, -0.2) is 0 Å². The van der Waals surface area contributed by atoms with E-state index >= 15 is 4.39 Å². The van der Waals surface area contributed by atoms with Gasteiger partial charge in [0.1, 0.15) is 24.0 Å². The average molecular weight is 493 g/mol. The summed E-state index contributed by atoms with van der Waals surface area (Å²) in [5.74, 6) is -0.231. The van der Waals surface area contributed by atoms with Crippen LogP contribution in [0.5, 0.6) is 0 Å². The summed E-state index contributed by atoms with van der Waals surface area (Å²) in [4.78, 5) is 0. The van der Waals surface area contributed by atoms with Crippen molar-refractivity contribution in [1.29, 1.82) is 0 Å². The van der Waals surface area contributed by atoms with Crippen LogP contribution in [0.15, 0.2) is 65.2 Å². The normalized spacial score (nSPS) is 15.0. The first-order valence-electron chi connectivity index (χ1n) is 13.2. The molecule has 2 nitrogen and oxygen atoms in total. The number of halogens is 1. The Bertz CT molecular complexity index is 1710. The summed E-state index contributed by atoms with van der Waals surface area (Å²) in [5, 5.41) is 1.97. The number of benzene rings is 3. The molecule has 0 unspecified atom stereocenters. The number of nitrogens with zero attached hydrogens (tertiary/aromatic N) is 1. The Labute approximate surface area is 218 Å². The van der Waals surface area contributed by atoms with E-state index in [2.05, 4.69) is 76.4 Å². The molecule has 0 saturated heterocycles. The molecule has 188 valence electrons. The minimum Gasteiger partial charge on any atom is -0.454 e. The van der Waals surface area contributed by atoms with Gasteiger partial charge in [-0.1, -0.05) is 58.9 Å². The highest BCUT2D eigenvalue weighted by molar-refractivity contribution is 6.13. The van der Waals surface area contributed by atoms with Crippen molar-refractivity contribution >= 4 is 21.9 Å². The zero-order valence-corrected chi connectivity index (χ0v) is 22.9. The van der Waals surface area contributed by atoms with Crippen molar-refractivity contribution < 1.29 is 13.4 Å². The quantitative estimate of drug-likeness (QED) is 0.225. The molecule has 0 saturated carbocycles. The van der Waals surface area contributed by atoms with Crippen LogP contribution >= 0.6 is 0 Å². The molecule has 6 rings (SSSR count). The second kappa shape index (κ2) is 8.02. The van der Waals surface area contributed by atoms with Crippen LogP contribution in [0.1, 0.15) is 56.9 Å². The van der Waals surface area contributed by atoms with Gasteiger partial charge in [0.2, 0.25) is 5.69 Å². The maximum absolute atomic E-state index is 15.8. The Morgan fingerprint density at radius 1 is 0.838 bits per heavy atom. The molecule has 5 aromatic rings. The fraction of sp³-hybridized carbons (Fsp3) is 0.324. The summed E-state index contributed by atoms with van der Waals surface area (Å²) in [6, 6.07) is 18.3. The molecule has 0 amide bonds. The lowest BCUT2D eigenvalue weighted by molar-refractivity contribution is -0.660. The van der Waals surface area contributed by atoms with Crippen molar-refractivity contribution in [3.8, 4) is 22.4 Å². The van der Waals surface area contributed by atoms with E-state index in [9.17, 15) is 0 Å². The number of hydrogen-bond donors (Lipinski definition) is 0. The largest absolute Gasteiger partial charge is 0.454 e. The number of aromatic nitrogens is 1. The molecule has 3 heteroatoms. The van der Waals surface area contributed by atoms with Gasteiger partial charge in [0.05, 0.1) is 11.1 Å². The minimum atomic E-state index is -0.231. The first-order chi connectivity index (χ1) is 17.5. The second-order valence-electron chi connectivity index (χ2n) is 12.6. The molecule has 0 fully saturated rings. The van der Waals surface area contributed by atoms with Gasteiger partial charge < -0.3 is 4.42 Å². The Morgan fingerprint density at radius 2 is 1.51 bits per heavy atom. The molecule has 2 aromatic heterocycles. The molecule has 0 atom stereocenters. The lowest BCUT2D eigenvalue weighted by Gasteiger charge is -2.24. The van der Waals surface area contributed by atoms with Gasteiger partial charge in [0.25, 0.3) is 0 Å². The first-order valence-corrected chi connectivity index (χ1v) is 13.2. The van der Waals surface area contributed by atoms with Crippen LogP contribution in [0.25, 0.3) is 44.3 Å². The van der Waals surface area contributed by atoms with E-state index in [4.69, 9.17) is 4.42 Å². The summed E-state index contributed by atoms with van der Waals surface area (Å²) in [5.41, 5.74) is 10.5. The first kappa shape index (κ1) is 23.9. The predicted molar refractivity (Wildman–Crippen MR) is 150 cm³/mol. The van der Waals surface area contributed by atoms with Gasteiger partial charge in [0, 0.05) is 22.9 Å². The van der Waals surface area contributed by atoms with Crippen molar-refractivity contribution in [2.75, 3.05) is 0 Å². The van der Waals surface area contributed by atoms with E-state index in [-0.39, 0.29) is 16.6 Å². The van der Waals surface area contributed by atoms with Crippen molar-refractivity contribution in [2.45, 2.75) is 59.8 Å². The fourth-order valence-corrected chi connectivity index (χ4v) is 6.38. The van der Waals surface area contributed by atoms with E-state index in [1.54, 1.807) is 6.07 Å². The highest BCUT2D eigenvalue weighted by Crippen LogP contribution is 2.48. The van der Waals surface area contributed by atoms with E-state index in [0.29, 0.717) is 11.1 Å². The summed E-state index contributed by atoms with van der Waals surface area (Å²) in [6.45, 7) is 13.5. The fourth-order valence-electron chi connectivity index (χ4n) is 6.38. The molecular formula is C34H35FNO+. The number of furan rings is 1. The average Bonchev–Trinajstić information content (AvgIpc) is 3.34. The van der Waals surface area contributed by atoms with Crippen molar-refractivity contribution in [2.24, 2.45) is 12.5 Å². The van der Waals surface area contributed by atoms with E-state index < -0.39 is 0 Å². The van der Waals surface area contributed by atoms with Crippen LogP contribution in [0.4, 0.5) is 4.39 Å². The molecule has 3 aromatic carbocycles. The standard InChI is InChI=1S/C34H35FNO/c1-20-11-12-22-23-14-16-27(35)30(32(23)37-31(22)29(20)28-10-8-9-17-36(28)7)21-13-15-26(33(2,3)4)25-19-34(5,6)18-24(21)25/h8-17H,18-19H2,1-7H3/q+1. The summed E-state index contributed by atoms with van der Waals surface area (Å²) < 4.78 is 24.6. The highest BCUT2D eigenvalue weighted by atomic mass is 19.1. The van der Waals surface area contributed by atoms with E-state index in [1.165, 1.54) is 16.7 Å². The molecule has 0 radical (unpaired) electrons. The van der Waals surface area contributed by atoms with Crippen LogP contribution < -0.4 is 4.57 Å². The third-order valence-electron chi connectivity index (χ3n) is 8.10. The Hall–Kier alpha value is -3.46. The lowest BCUT2D eigenvalue weighted by atomic mass is 9.80. The maximum Gasteiger partial charge on any atom is 0.216 e. The van der Waals surface area contributed by atoms with Crippen LogP contribution in [0.2, 0.25) is 0 Å². The SMILES string of the molecule is Cc1ccc2c(oc3c(-c4ccc(C(C)(C)C)c5c4CC(C)(C)C5)c(F)ccc32)c1-c1cccc[n+]1C. The Morgan fingerprint density at radius 3 is 2.22 bits per heavy atom. The lowest BCUT2D eigenvalue weighted by Crippen LogP contribution is -2.30. The number of aryl methyl sites for hydroxylation is 2. The van der Waals surface area contributed by atoms with E-state index in [1.807, 2.05) is 31.4 Å². The third-order valence-corrected chi connectivity index (χ3v) is 8.10. The van der Waals surface area contributed by atoms with Gasteiger partial charge in [-0.25, -0.2) is 8.96 Å². The Kier molecular flexibility index (Phi) is 5.18. The van der Waals surface area contributed by atoms with Gasteiger partial charge in [-0.3, -0.25) is 0 Å². The smallest absolute Gasteiger partial charge is 0.216 e. The maximum atomic E-state index is 15.8. The topological polar surface area (TPSA) is 17.0 Å². The molecule has 1 aliphatic rings. The number of rotatable bonds is 2. The monoisotopic (exact) mass is 492 g/mol. The van der Waals surface area contributed by atoms with Gasteiger partial charge in [-0.05, 0) is 76.6 Å². The van der Waals surface area contributed by atoms with Gasteiger partial charge >= 0.3 is 0 Å². The van der Waals surface area contributed by atoms with Gasteiger partial charge in [-0.15, -0.1) is 0 Å². The summed E-state index contributed by atoms with van der Waals surface area (Å²) >= 11 is 0. The van der Waals surface area contributed by atoms with Crippen LogP contribution in [0.3, 0.4) is 0 Å². The Balaban J connectivity index is 1.68. The zero-order chi connectivity index (χ0) is 26.3. The third kappa shape index (κ3) is 3.70. The van der Waals surface area contributed by atoms with Crippen molar-refractivity contribution in [3.05, 3.63) is 88.9 Å². The molecule has 2 heterocycles. The highest BCUT2D eigenvalue weighted by Gasteiger charge is 2.35. The van der Waals surface area contributed by atoms with Crippen LogP contribution in [-0.2, 0) is 25.3 Å². The van der Waals surface area contributed by atoms with Gasteiger partial charge in [0.15, 0.2) is 6.20 Å². The van der Waals surface area contributed by atoms with Crippen molar-refractivity contribution in [3.63, 3.8) is 0 Å². The summed E-state index contributed by atoms with van der Waals surface area (Å²) in [6.07, 6.45) is 3.99. The zero-order valence-electron chi connectivity index (χ0n) is 22.9. The van der Waals surface area contributed by atoms with E-state index in [0.717, 1.165) is 51.6 Å². The molecule has 0 aliphatic heterocycles. The molecule has 37 heavy (non-hydrogen) atoms. The number of fused-ring (bicyclic) bond motifs is 4. The van der Waals surface area contributed by atoms with Gasteiger partial charge in [-0.2, -0.15) is 0 Å². The minimum absolute atomic E-state index is 0.0323. The number of hydrogen-bond acceptors (Lipinski definition) is 1. The second-order valence-corrected chi connectivity index (χ2v) is 12.6. The number of pyridine rings is 1. The molecule has 0 spiro atoms. The molecular weight excluding hydrogens is 457 g/mol. The molecule has 1 aliphatic carbocycles. The molecule has 0 N–H and O–H groups in total. The molecule has 0 bridgehead atoms.